The van der Waals surface area contributed by atoms with Gasteiger partial charge in [0.1, 0.15) is 11.4 Å². The van der Waals surface area contributed by atoms with Crippen molar-refractivity contribution in [3.8, 4) is 0 Å². The van der Waals surface area contributed by atoms with Crippen LogP contribution in [0.15, 0.2) is 18.2 Å². The normalized spacial score (nSPS) is 9.83. The van der Waals surface area contributed by atoms with Crippen molar-refractivity contribution >= 4 is 17.5 Å². The Balaban J connectivity index is 2.85. The van der Waals surface area contributed by atoms with Crippen LogP contribution in [0.1, 0.15) is 10.4 Å². The highest BCUT2D eigenvalue weighted by Gasteiger charge is 2.21. The number of nitrogens with two attached hydrogens (primary N) is 1. The number of halogens is 1. The van der Waals surface area contributed by atoms with Gasteiger partial charge in [-0.1, -0.05) is 0 Å². The third kappa shape index (κ3) is 3.49. The highest BCUT2D eigenvalue weighted by molar-refractivity contribution is 5.97. The lowest BCUT2D eigenvalue weighted by Crippen LogP contribution is -2.29. The zero-order valence-corrected chi connectivity index (χ0v) is 8.88. The number of rotatable bonds is 5. The van der Waals surface area contributed by atoms with Crippen molar-refractivity contribution in [1.82, 2.24) is 5.48 Å². The van der Waals surface area contributed by atoms with Crippen LogP contribution in [0.5, 0.6) is 0 Å². The lowest BCUT2D eigenvalue weighted by Gasteiger charge is -2.04. The van der Waals surface area contributed by atoms with Gasteiger partial charge >= 0.3 is 0 Å². The summed E-state index contributed by atoms with van der Waals surface area (Å²) < 4.78 is 12.8. The van der Waals surface area contributed by atoms with Gasteiger partial charge in [0.15, 0.2) is 6.61 Å². The van der Waals surface area contributed by atoms with Crippen molar-refractivity contribution in [2.24, 2.45) is 5.73 Å². The largest absolute Gasteiger partial charge is 0.368 e. The quantitative estimate of drug-likeness (QED) is 0.562. The number of hydrogen-bond donors (Lipinski definition) is 2. The van der Waals surface area contributed by atoms with E-state index in [-0.39, 0.29) is 0 Å². The number of benzene rings is 1. The fourth-order valence-corrected chi connectivity index (χ4v) is 1.08. The maximum absolute atomic E-state index is 12.8. The van der Waals surface area contributed by atoms with Crippen LogP contribution in [0.2, 0.25) is 0 Å². The molecule has 3 N–H and O–H groups in total. The Morgan fingerprint density at radius 1 is 1.50 bits per heavy atom. The number of nitro benzene ring substituents is 1. The van der Waals surface area contributed by atoms with Crippen LogP contribution in [0.4, 0.5) is 10.1 Å². The summed E-state index contributed by atoms with van der Waals surface area (Å²) in [5, 5.41) is 10.6. The smallest absolute Gasteiger partial charge is 0.285 e. The maximum atomic E-state index is 12.8. The van der Waals surface area contributed by atoms with Crippen molar-refractivity contribution in [2.75, 3.05) is 6.61 Å². The number of nitrogens with zero attached hydrogens (tertiary/aromatic N) is 1. The van der Waals surface area contributed by atoms with Gasteiger partial charge in [-0.2, -0.15) is 0 Å². The minimum atomic E-state index is -0.983. The first-order valence-corrected chi connectivity index (χ1v) is 4.56. The van der Waals surface area contributed by atoms with E-state index in [2.05, 4.69) is 4.84 Å². The number of primary amides is 1. The van der Waals surface area contributed by atoms with Gasteiger partial charge in [0.05, 0.1) is 11.0 Å². The molecule has 0 aliphatic heterocycles. The molecule has 0 aliphatic carbocycles. The Kier molecular flexibility index (Phi) is 4.27. The van der Waals surface area contributed by atoms with Crippen LogP contribution in [0, 0.1) is 15.9 Å². The fourth-order valence-electron chi connectivity index (χ4n) is 1.08. The van der Waals surface area contributed by atoms with Gasteiger partial charge in [-0.3, -0.25) is 24.5 Å². The molecule has 0 atom stereocenters. The average molecular weight is 257 g/mol. The van der Waals surface area contributed by atoms with Gasteiger partial charge in [0.25, 0.3) is 11.6 Å². The van der Waals surface area contributed by atoms with E-state index in [4.69, 9.17) is 5.73 Å². The van der Waals surface area contributed by atoms with Crippen molar-refractivity contribution in [3.63, 3.8) is 0 Å². The molecule has 0 saturated carbocycles. The van der Waals surface area contributed by atoms with Crippen molar-refractivity contribution < 1.29 is 23.7 Å². The topological polar surface area (TPSA) is 125 Å². The number of amides is 2. The molecule has 18 heavy (non-hydrogen) atoms. The van der Waals surface area contributed by atoms with Crippen LogP contribution >= 0.6 is 0 Å². The molecule has 0 fully saturated rings. The first-order chi connectivity index (χ1) is 8.41. The number of nitro groups is 1. The molecule has 0 saturated heterocycles. The average Bonchev–Trinajstić information content (AvgIpc) is 2.28. The molecule has 0 spiro atoms. The van der Waals surface area contributed by atoms with Crippen molar-refractivity contribution in [2.45, 2.75) is 0 Å². The zero-order valence-electron chi connectivity index (χ0n) is 8.88. The first-order valence-electron chi connectivity index (χ1n) is 4.56. The third-order valence-electron chi connectivity index (χ3n) is 1.78. The second-order valence-corrected chi connectivity index (χ2v) is 3.10. The second-order valence-electron chi connectivity index (χ2n) is 3.10. The van der Waals surface area contributed by atoms with Gasteiger partial charge in [0.2, 0.25) is 5.91 Å². The van der Waals surface area contributed by atoms with E-state index >= 15 is 0 Å². The van der Waals surface area contributed by atoms with Crippen LogP contribution in [-0.2, 0) is 9.63 Å². The highest BCUT2D eigenvalue weighted by atomic mass is 19.1. The Hall–Kier alpha value is -2.55. The molecule has 0 aromatic heterocycles. The summed E-state index contributed by atoms with van der Waals surface area (Å²) in [6, 6.07) is 2.41. The van der Waals surface area contributed by atoms with Crippen molar-refractivity contribution in [3.05, 3.63) is 39.7 Å². The molecule has 96 valence electrons. The van der Waals surface area contributed by atoms with Gasteiger partial charge in [-0.15, -0.1) is 0 Å². The van der Waals surface area contributed by atoms with E-state index in [1.165, 1.54) is 0 Å². The van der Waals surface area contributed by atoms with Crippen molar-refractivity contribution in [1.29, 1.82) is 0 Å². The van der Waals surface area contributed by atoms with Crippen LogP contribution < -0.4 is 11.2 Å². The van der Waals surface area contributed by atoms with E-state index in [9.17, 15) is 24.1 Å². The van der Waals surface area contributed by atoms with Gasteiger partial charge in [-0.05, 0) is 12.1 Å². The predicted octanol–water partition coefficient (Wildman–Crippen LogP) is -0.119. The number of carbonyl (C=O) groups excluding carboxylic acids is 2. The second kappa shape index (κ2) is 5.68. The summed E-state index contributed by atoms with van der Waals surface area (Å²) in [4.78, 5) is 35.9. The van der Waals surface area contributed by atoms with E-state index in [0.717, 1.165) is 12.1 Å². The molecule has 0 bridgehead atoms. The molecule has 0 unspecified atom stereocenters. The third-order valence-corrected chi connectivity index (χ3v) is 1.78. The summed E-state index contributed by atoms with van der Waals surface area (Å²) >= 11 is 0. The molecular weight excluding hydrogens is 249 g/mol. The summed E-state index contributed by atoms with van der Waals surface area (Å²) in [6.07, 6.45) is 0. The SMILES string of the molecule is NC(=O)CONC(=O)c1ccc(F)cc1[N+](=O)[O-]. The zero-order chi connectivity index (χ0) is 13.7. The van der Waals surface area contributed by atoms with Gasteiger partial charge < -0.3 is 5.73 Å². The first kappa shape index (κ1) is 13.5. The Morgan fingerprint density at radius 2 is 2.17 bits per heavy atom. The number of carbonyl (C=O) groups is 2. The molecule has 8 nitrogen and oxygen atoms in total. The van der Waals surface area contributed by atoms with E-state index in [0.29, 0.717) is 6.07 Å². The van der Waals surface area contributed by atoms with Crippen LogP contribution in [-0.4, -0.2) is 23.3 Å². The van der Waals surface area contributed by atoms with E-state index < -0.39 is 40.4 Å². The Morgan fingerprint density at radius 3 is 2.72 bits per heavy atom. The molecule has 2 amide bonds. The lowest BCUT2D eigenvalue weighted by atomic mass is 10.1. The van der Waals surface area contributed by atoms with Crippen LogP contribution in [0.3, 0.4) is 0 Å². The number of hydrogen-bond acceptors (Lipinski definition) is 5. The van der Waals surface area contributed by atoms with Gasteiger partial charge in [-0.25, -0.2) is 9.87 Å². The summed E-state index contributed by atoms with van der Waals surface area (Å²) in [7, 11) is 0. The minimum absolute atomic E-state index is 0.397. The predicted molar refractivity (Wildman–Crippen MR) is 55.7 cm³/mol. The highest BCUT2D eigenvalue weighted by Crippen LogP contribution is 2.19. The standard InChI is InChI=1S/C9H8FN3O5/c10-5-1-2-6(7(3-5)13(16)17)9(15)12-18-4-8(11)14/h1-3H,4H2,(H2,11,14)(H,12,15). The number of nitrogens with one attached hydrogen (secondary N) is 1. The summed E-state index contributed by atoms with van der Waals surface area (Å²) in [5.74, 6) is -2.66. The molecular formula is C9H8FN3O5. The molecule has 0 heterocycles. The molecule has 0 aliphatic rings. The monoisotopic (exact) mass is 257 g/mol. The fraction of sp³-hybridized carbons (Fsp3) is 0.111. The molecule has 1 aromatic carbocycles. The maximum Gasteiger partial charge on any atom is 0.285 e. The van der Waals surface area contributed by atoms with E-state index in [1.54, 1.807) is 5.48 Å². The molecule has 9 heteroatoms. The lowest BCUT2D eigenvalue weighted by molar-refractivity contribution is -0.385. The van der Waals surface area contributed by atoms with E-state index in [1.807, 2.05) is 0 Å². The summed E-state index contributed by atoms with van der Waals surface area (Å²) in [6.45, 7) is -0.583. The Bertz CT molecular complexity index is 505. The van der Waals surface area contributed by atoms with Crippen LogP contribution in [0.25, 0.3) is 0 Å². The molecule has 1 rings (SSSR count). The van der Waals surface area contributed by atoms with Gasteiger partial charge in [0, 0.05) is 0 Å². The minimum Gasteiger partial charge on any atom is -0.368 e. The number of hydroxylamine groups is 1. The molecule has 1 aromatic rings. The summed E-state index contributed by atoms with van der Waals surface area (Å²) in [5.41, 5.74) is 5.41. The molecule has 0 radical (unpaired) electrons. The Labute approximate surface area is 99.6 Å².